The van der Waals surface area contributed by atoms with Gasteiger partial charge in [-0.25, -0.2) is 0 Å². The molecule has 0 amide bonds. The predicted octanol–water partition coefficient (Wildman–Crippen LogP) is 2.23. The van der Waals surface area contributed by atoms with Crippen LogP contribution in [0.4, 0.5) is 0 Å². The SMILES string of the molecule is CN1CCC(c2ccsc2)(N(C)C)CC1. The van der Waals surface area contributed by atoms with Gasteiger partial charge in [0.2, 0.25) is 0 Å². The van der Waals surface area contributed by atoms with E-state index in [0.29, 0.717) is 0 Å². The topological polar surface area (TPSA) is 6.48 Å². The number of thiophene rings is 1. The van der Waals surface area contributed by atoms with Gasteiger partial charge in [0, 0.05) is 5.54 Å². The maximum atomic E-state index is 2.42. The standard InChI is InChI=1S/C12H20N2S/c1-13(2)12(11-4-9-15-10-11)5-7-14(3)8-6-12/h4,9-10H,5-8H2,1-3H3. The fourth-order valence-corrected chi connectivity index (χ4v) is 3.26. The molecule has 84 valence electrons. The summed E-state index contributed by atoms with van der Waals surface area (Å²) < 4.78 is 0. The highest BCUT2D eigenvalue weighted by atomic mass is 32.1. The molecule has 0 unspecified atom stereocenters. The zero-order valence-corrected chi connectivity index (χ0v) is 10.7. The Morgan fingerprint density at radius 3 is 2.47 bits per heavy atom. The van der Waals surface area contributed by atoms with Crippen molar-refractivity contribution in [3.05, 3.63) is 22.4 Å². The van der Waals surface area contributed by atoms with Gasteiger partial charge in [0.15, 0.2) is 0 Å². The van der Waals surface area contributed by atoms with E-state index in [9.17, 15) is 0 Å². The molecule has 2 nitrogen and oxygen atoms in total. The molecular formula is C12H20N2S. The van der Waals surface area contributed by atoms with Gasteiger partial charge in [-0.3, -0.25) is 4.90 Å². The molecule has 2 rings (SSSR count). The lowest BCUT2D eigenvalue weighted by Crippen LogP contribution is -2.49. The Hall–Kier alpha value is -0.380. The molecule has 1 aliphatic heterocycles. The molecule has 0 bridgehead atoms. The van der Waals surface area contributed by atoms with Crippen molar-refractivity contribution in [2.45, 2.75) is 18.4 Å². The smallest absolute Gasteiger partial charge is 0.0487 e. The molecule has 0 radical (unpaired) electrons. The molecule has 1 fully saturated rings. The van der Waals surface area contributed by atoms with E-state index >= 15 is 0 Å². The van der Waals surface area contributed by atoms with Crippen LogP contribution in [0.25, 0.3) is 0 Å². The lowest BCUT2D eigenvalue weighted by atomic mass is 9.81. The van der Waals surface area contributed by atoms with E-state index in [2.05, 4.69) is 47.8 Å². The lowest BCUT2D eigenvalue weighted by Gasteiger charge is -2.45. The normalized spacial score (nSPS) is 22.1. The van der Waals surface area contributed by atoms with E-state index in [1.807, 2.05) is 11.3 Å². The maximum absolute atomic E-state index is 2.42. The van der Waals surface area contributed by atoms with Crippen LogP contribution in [0.2, 0.25) is 0 Å². The fraction of sp³-hybridized carbons (Fsp3) is 0.667. The molecule has 0 N–H and O–H groups in total. The first-order chi connectivity index (χ1) is 7.15. The molecule has 15 heavy (non-hydrogen) atoms. The zero-order chi connectivity index (χ0) is 10.9. The summed E-state index contributed by atoms with van der Waals surface area (Å²) in [6, 6.07) is 2.29. The van der Waals surface area contributed by atoms with Gasteiger partial charge in [0.25, 0.3) is 0 Å². The van der Waals surface area contributed by atoms with Crippen molar-refractivity contribution < 1.29 is 0 Å². The molecule has 2 heterocycles. The summed E-state index contributed by atoms with van der Waals surface area (Å²) in [5, 5.41) is 4.50. The Labute approximate surface area is 96.5 Å². The average molecular weight is 224 g/mol. The molecular weight excluding hydrogens is 204 g/mol. The highest BCUT2D eigenvalue weighted by Gasteiger charge is 2.37. The minimum Gasteiger partial charge on any atom is -0.306 e. The van der Waals surface area contributed by atoms with E-state index in [1.165, 1.54) is 31.5 Å². The molecule has 3 heteroatoms. The van der Waals surface area contributed by atoms with Crippen LogP contribution in [-0.2, 0) is 5.54 Å². The molecule has 0 atom stereocenters. The lowest BCUT2D eigenvalue weighted by molar-refractivity contribution is 0.0647. The van der Waals surface area contributed by atoms with Crippen molar-refractivity contribution in [3.8, 4) is 0 Å². The molecule has 1 aromatic rings. The van der Waals surface area contributed by atoms with E-state index in [1.54, 1.807) is 0 Å². The monoisotopic (exact) mass is 224 g/mol. The number of nitrogens with zero attached hydrogens (tertiary/aromatic N) is 2. The van der Waals surface area contributed by atoms with Crippen LogP contribution in [0.15, 0.2) is 16.8 Å². The summed E-state index contributed by atoms with van der Waals surface area (Å²) >= 11 is 1.81. The van der Waals surface area contributed by atoms with E-state index in [0.717, 1.165) is 0 Å². The number of hydrogen-bond acceptors (Lipinski definition) is 3. The van der Waals surface area contributed by atoms with Gasteiger partial charge < -0.3 is 4.90 Å². The summed E-state index contributed by atoms with van der Waals surface area (Å²) in [7, 11) is 6.64. The second-order valence-corrected chi connectivity index (χ2v) is 5.52. The summed E-state index contributed by atoms with van der Waals surface area (Å²) in [4.78, 5) is 4.83. The van der Waals surface area contributed by atoms with Gasteiger partial charge in [0.05, 0.1) is 0 Å². The second-order valence-electron chi connectivity index (χ2n) is 4.74. The summed E-state index contributed by atoms with van der Waals surface area (Å²) in [5.74, 6) is 0. The minimum atomic E-state index is 0.284. The largest absolute Gasteiger partial charge is 0.306 e. The predicted molar refractivity (Wildman–Crippen MR) is 66.4 cm³/mol. The summed E-state index contributed by atoms with van der Waals surface area (Å²) in [6.07, 6.45) is 2.49. The van der Waals surface area contributed by atoms with Crippen LogP contribution in [0, 0.1) is 0 Å². The van der Waals surface area contributed by atoms with Gasteiger partial charge in [-0.1, -0.05) is 0 Å². The maximum Gasteiger partial charge on any atom is 0.0487 e. The van der Waals surface area contributed by atoms with Gasteiger partial charge in [-0.05, 0) is 69.5 Å². The Balaban J connectivity index is 2.26. The van der Waals surface area contributed by atoms with Gasteiger partial charge in [0.1, 0.15) is 0 Å². The number of likely N-dealkylation sites (tertiary alicyclic amines) is 1. The molecule has 0 aromatic carbocycles. The molecule has 0 spiro atoms. The third-order valence-electron chi connectivity index (χ3n) is 3.73. The van der Waals surface area contributed by atoms with Crippen LogP contribution in [0.3, 0.4) is 0 Å². The van der Waals surface area contributed by atoms with Crippen molar-refractivity contribution in [1.82, 2.24) is 9.80 Å². The molecule has 1 aliphatic rings. The highest BCUT2D eigenvalue weighted by Crippen LogP contribution is 2.37. The molecule has 0 saturated carbocycles. The number of hydrogen-bond donors (Lipinski definition) is 0. The molecule has 1 saturated heterocycles. The molecule has 0 aliphatic carbocycles. The first-order valence-electron chi connectivity index (χ1n) is 5.54. The Bertz CT molecular complexity index is 297. The van der Waals surface area contributed by atoms with Crippen molar-refractivity contribution in [3.63, 3.8) is 0 Å². The quantitative estimate of drug-likeness (QED) is 0.760. The van der Waals surface area contributed by atoms with Crippen LogP contribution in [0.5, 0.6) is 0 Å². The summed E-state index contributed by atoms with van der Waals surface area (Å²) in [6.45, 7) is 2.40. The first-order valence-corrected chi connectivity index (χ1v) is 6.48. The van der Waals surface area contributed by atoms with Crippen molar-refractivity contribution in [2.75, 3.05) is 34.2 Å². The Morgan fingerprint density at radius 2 is 2.00 bits per heavy atom. The van der Waals surface area contributed by atoms with Gasteiger partial charge in [-0.15, -0.1) is 0 Å². The van der Waals surface area contributed by atoms with Crippen LogP contribution in [0.1, 0.15) is 18.4 Å². The van der Waals surface area contributed by atoms with Crippen LogP contribution >= 0.6 is 11.3 Å². The van der Waals surface area contributed by atoms with E-state index < -0.39 is 0 Å². The highest BCUT2D eigenvalue weighted by molar-refractivity contribution is 7.08. The van der Waals surface area contributed by atoms with Crippen LogP contribution in [-0.4, -0.2) is 44.0 Å². The van der Waals surface area contributed by atoms with Crippen molar-refractivity contribution in [2.24, 2.45) is 0 Å². The van der Waals surface area contributed by atoms with E-state index in [-0.39, 0.29) is 5.54 Å². The third-order valence-corrected chi connectivity index (χ3v) is 4.41. The third kappa shape index (κ3) is 1.96. The molecule has 1 aromatic heterocycles. The van der Waals surface area contributed by atoms with Gasteiger partial charge in [-0.2, -0.15) is 11.3 Å². The minimum absolute atomic E-state index is 0.284. The van der Waals surface area contributed by atoms with E-state index in [4.69, 9.17) is 0 Å². The number of rotatable bonds is 2. The zero-order valence-electron chi connectivity index (χ0n) is 9.86. The first kappa shape index (κ1) is 11.1. The average Bonchev–Trinajstić information content (AvgIpc) is 2.72. The fourth-order valence-electron chi connectivity index (χ4n) is 2.51. The second kappa shape index (κ2) is 4.24. The van der Waals surface area contributed by atoms with Crippen molar-refractivity contribution >= 4 is 11.3 Å². The Kier molecular flexibility index (Phi) is 3.14. The Morgan fingerprint density at radius 1 is 1.33 bits per heavy atom. The summed E-state index contributed by atoms with van der Waals surface area (Å²) in [5.41, 5.74) is 1.79. The van der Waals surface area contributed by atoms with Gasteiger partial charge >= 0.3 is 0 Å². The van der Waals surface area contributed by atoms with Crippen molar-refractivity contribution in [1.29, 1.82) is 0 Å². The number of piperidine rings is 1. The van der Waals surface area contributed by atoms with Crippen LogP contribution < -0.4 is 0 Å².